The molecule has 0 N–H and O–H groups in total. The van der Waals surface area contributed by atoms with Gasteiger partial charge in [-0.2, -0.15) is 13.2 Å². The molecule has 122 valence electrons. The first-order valence-corrected chi connectivity index (χ1v) is 7.31. The molecule has 4 nitrogen and oxygen atoms in total. The van der Waals surface area contributed by atoms with Crippen LogP contribution in [0, 0.1) is 6.92 Å². The highest BCUT2D eigenvalue weighted by Gasteiger charge is 2.31. The maximum Gasteiger partial charge on any atom is 0.442 e. The van der Waals surface area contributed by atoms with Gasteiger partial charge in [-0.25, -0.2) is 0 Å². The summed E-state index contributed by atoms with van der Waals surface area (Å²) in [7, 11) is 1.16. The first-order valence-electron chi connectivity index (χ1n) is 6.32. The summed E-state index contributed by atoms with van der Waals surface area (Å²) in [5, 5.41) is 0. The van der Waals surface area contributed by atoms with Gasteiger partial charge in [0.15, 0.2) is 0 Å². The molecule has 0 fully saturated rings. The van der Waals surface area contributed by atoms with E-state index in [1.807, 2.05) is 19.1 Å². The van der Waals surface area contributed by atoms with Gasteiger partial charge in [0.25, 0.3) is 0 Å². The number of halogens is 3. The number of amides is 1. The van der Waals surface area contributed by atoms with Gasteiger partial charge in [0.05, 0.1) is 12.9 Å². The van der Waals surface area contributed by atoms with Crippen LogP contribution in [0.3, 0.4) is 0 Å². The van der Waals surface area contributed by atoms with Crippen molar-refractivity contribution in [1.82, 2.24) is 4.90 Å². The fraction of sp³-hybridized carbons (Fsp3) is 0.429. The second-order valence-electron chi connectivity index (χ2n) is 4.49. The monoisotopic (exact) mass is 335 g/mol. The Kier molecular flexibility index (Phi) is 6.73. The topological polar surface area (TPSA) is 46.6 Å². The summed E-state index contributed by atoms with van der Waals surface area (Å²) in [6, 6.07) is 7.14. The average molecular weight is 335 g/mol. The van der Waals surface area contributed by atoms with Crippen molar-refractivity contribution in [1.29, 1.82) is 0 Å². The minimum absolute atomic E-state index is 0.0546. The van der Waals surface area contributed by atoms with Crippen molar-refractivity contribution in [3.05, 3.63) is 35.4 Å². The standard InChI is InChI=1S/C14H16F3NO3S/c1-10-5-3-4-6-11(10)7-18(8-13(20)21-2)12(19)9-22-14(15,16)17/h3-6H,7-9H2,1-2H3. The van der Waals surface area contributed by atoms with Gasteiger partial charge in [-0.05, 0) is 29.8 Å². The molecule has 0 aliphatic heterocycles. The normalized spacial score (nSPS) is 11.1. The average Bonchev–Trinajstić information content (AvgIpc) is 2.45. The zero-order valence-electron chi connectivity index (χ0n) is 12.1. The van der Waals surface area contributed by atoms with Gasteiger partial charge in [-0.15, -0.1) is 0 Å². The van der Waals surface area contributed by atoms with E-state index in [0.29, 0.717) is 0 Å². The Morgan fingerprint density at radius 1 is 1.27 bits per heavy atom. The molecule has 0 heterocycles. The number of thioether (sulfide) groups is 1. The van der Waals surface area contributed by atoms with Gasteiger partial charge in [-0.1, -0.05) is 24.3 Å². The fourth-order valence-corrected chi connectivity index (χ4v) is 2.15. The van der Waals surface area contributed by atoms with E-state index < -0.39 is 34.9 Å². The SMILES string of the molecule is COC(=O)CN(Cc1ccccc1C)C(=O)CSC(F)(F)F. The first kappa shape index (κ1) is 18.3. The van der Waals surface area contributed by atoms with E-state index in [2.05, 4.69) is 4.74 Å². The maximum atomic E-state index is 12.2. The van der Waals surface area contributed by atoms with Crippen LogP contribution in [0.2, 0.25) is 0 Å². The number of ether oxygens (including phenoxy) is 1. The van der Waals surface area contributed by atoms with Crippen molar-refractivity contribution in [2.45, 2.75) is 19.0 Å². The molecule has 0 aliphatic rings. The van der Waals surface area contributed by atoms with Gasteiger partial charge >= 0.3 is 11.5 Å². The van der Waals surface area contributed by atoms with Crippen molar-refractivity contribution in [3.8, 4) is 0 Å². The molecule has 1 aromatic rings. The first-order chi connectivity index (χ1) is 10.2. The van der Waals surface area contributed by atoms with Crippen molar-refractivity contribution >= 4 is 23.6 Å². The Labute approximate surface area is 130 Å². The minimum atomic E-state index is -4.49. The smallest absolute Gasteiger partial charge is 0.442 e. The Balaban J connectivity index is 2.81. The van der Waals surface area contributed by atoms with E-state index in [9.17, 15) is 22.8 Å². The van der Waals surface area contributed by atoms with Gasteiger partial charge in [0, 0.05) is 6.54 Å². The van der Waals surface area contributed by atoms with Crippen LogP contribution in [0.1, 0.15) is 11.1 Å². The molecule has 0 bridgehead atoms. The van der Waals surface area contributed by atoms with Gasteiger partial charge < -0.3 is 9.64 Å². The molecule has 0 unspecified atom stereocenters. The van der Waals surface area contributed by atoms with Gasteiger partial charge in [-0.3, -0.25) is 9.59 Å². The Morgan fingerprint density at radius 3 is 2.45 bits per heavy atom. The number of hydrogen-bond acceptors (Lipinski definition) is 4. The Hall–Kier alpha value is -1.70. The summed E-state index contributed by atoms with van der Waals surface area (Å²) in [5.74, 6) is -2.22. The third-order valence-corrected chi connectivity index (χ3v) is 3.60. The highest BCUT2D eigenvalue weighted by atomic mass is 32.2. The Bertz CT molecular complexity index is 534. The number of methoxy groups -OCH3 is 1. The molecule has 1 aromatic carbocycles. The predicted molar refractivity (Wildman–Crippen MR) is 77.1 cm³/mol. The van der Waals surface area contributed by atoms with E-state index in [-0.39, 0.29) is 13.1 Å². The van der Waals surface area contributed by atoms with Crippen LogP contribution in [0.5, 0.6) is 0 Å². The molecule has 1 rings (SSSR count). The van der Waals surface area contributed by atoms with Crippen LogP contribution in [0.15, 0.2) is 24.3 Å². The van der Waals surface area contributed by atoms with Crippen LogP contribution in [-0.2, 0) is 20.9 Å². The number of esters is 1. The van der Waals surface area contributed by atoms with E-state index in [4.69, 9.17) is 0 Å². The van der Waals surface area contributed by atoms with E-state index in [0.717, 1.165) is 23.1 Å². The predicted octanol–water partition coefficient (Wildman–Crippen LogP) is 2.75. The summed E-state index contributed by atoms with van der Waals surface area (Å²) in [6.45, 7) is 1.49. The maximum absolute atomic E-state index is 12.2. The molecule has 0 spiro atoms. The molecule has 0 aromatic heterocycles. The second-order valence-corrected chi connectivity index (χ2v) is 5.53. The largest absolute Gasteiger partial charge is 0.468 e. The number of hydrogen-bond donors (Lipinski definition) is 0. The Morgan fingerprint density at radius 2 is 1.91 bits per heavy atom. The molecular formula is C14H16F3NO3S. The van der Waals surface area contributed by atoms with Gasteiger partial charge in [0.2, 0.25) is 5.91 Å². The van der Waals surface area contributed by atoms with Gasteiger partial charge in [0.1, 0.15) is 6.54 Å². The summed E-state index contributed by atoms with van der Waals surface area (Å²) in [6.07, 6.45) is 0. The molecule has 0 aliphatic carbocycles. The number of aryl methyl sites for hydroxylation is 1. The van der Waals surface area contributed by atoms with Crippen LogP contribution < -0.4 is 0 Å². The third-order valence-electron chi connectivity index (χ3n) is 2.88. The molecule has 0 saturated carbocycles. The number of carbonyl (C=O) groups excluding carboxylic acids is 2. The number of rotatable bonds is 6. The quantitative estimate of drug-likeness (QED) is 0.750. The van der Waals surface area contributed by atoms with Crippen LogP contribution >= 0.6 is 11.8 Å². The van der Waals surface area contributed by atoms with Crippen LogP contribution in [0.4, 0.5) is 13.2 Å². The van der Waals surface area contributed by atoms with E-state index in [1.54, 1.807) is 12.1 Å². The molecule has 1 amide bonds. The summed E-state index contributed by atoms with van der Waals surface area (Å²) in [4.78, 5) is 24.4. The molecule has 22 heavy (non-hydrogen) atoms. The fourth-order valence-electron chi connectivity index (χ4n) is 1.68. The summed E-state index contributed by atoms with van der Waals surface area (Å²) in [5.41, 5.74) is -2.85. The molecule has 8 heteroatoms. The zero-order valence-corrected chi connectivity index (χ0v) is 13.0. The number of benzene rings is 1. The summed E-state index contributed by atoms with van der Waals surface area (Å²) < 4.78 is 41.1. The van der Waals surface area contributed by atoms with Crippen molar-refractivity contribution in [2.75, 3.05) is 19.4 Å². The van der Waals surface area contributed by atoms with Crippen molar-refractivity contribution in [3.63, 3.8) is 0 Å². The third kappa shape index (κ3) is 6.38. The highest BCUT2D eigenvalue weighted by molar-refractivity contribution is 8.00. The highest BCUT2D eigenvalue weighted by Crippen LogP contribution is 2.30. The molecule has 0 atom stereocenters. The summed E-state index contributed by atoms with van der Waals surface area (Å²) >= 11 is -0.424. The second kappa shape index (κ2) is 8.07. The minimum Gasteiger partial charge on any atom is -0.468 e. The molecule has 0 radical (unpaired) electrons. The van der Waals surface area contributed by atoms with Crippen LogP contribution in [0.25, 0.3) is 0 Å². The molecular weight excluding hydrogens is 319 g/mol. The number of carbonyl (C=O) groups is 2. The van der Waals surface area contributed by atoms with Crippen molar-refractivity contribution < 1.29 is 27.5 Å². The lowest BCUT2D eigenvalue weighted by atomic mass is 10.1. The number of nitrogens with zero attached hydrogens (tertiary/aromatic N) is 1. The lowest BCUT2D eigenvalue weighted by Gasteiger charge is -2.22. The lowest BCUT2D eigenvalue weighted by Crippen LogP contribution is -2.37. The molecule has 0 saturated heterocycles. The lowest BCUT2D eigenvalue weighted by molar-refractivity contribution is -0.146. The zero-order chi connectivity index (χ0) is 16.8. The number of alkyl halides is 3. The van der Waals surface area contributed by atoms with E-state index in [1.165, 1.54) is 0 Å². The van der Waals surface area contributed by atoms with Crippen LogP contribution in [-0.4, -0.2) is 41.7 Å². The van der Waals surface area contributed by atoms with E-state index >= 15 is 0 Å². The van der Waals surface area contributed by atoms with Crippen molar-refractivity contribution in [2.24, 2.45) is 0 Å².